The average Bonchev–Trinajstić information content (AvgIpc) is 3.01. The molecule has 2 aromatic rings. The molecule has 1 fully saturated rings. The number of hydrogen-bond acceptors (Lipinski definition) is 4. The maximum absolute atomic E-state index is 12.8. The van der Waals surface area contributed by atoms with Gasteiger partial charge in [0.15, 0.2) is 0 Å². The molecule has 6 nitrogen and oxygen atoms in total. The summed E-state index contributed by atoms with van der Waals surface area (Å²) in [7, 11) is 0. The van der Waals surface area contributed by atoms with Crippen molar-refractivity contribution in [3.8, 4) is 0 Å². The summed E-state index contributed by atoms with van der Waals surface area (Å²) in [5.41, 5.74) is 1.83. The topological polar surface area (TPSA) is 72.2 Å². The molecule has 0 saturated heterocycles. The molecule has 1 saturated carbocycles. The smallest absolute Gasteiger partial charge is 0.353 e. The van der Waals surface area contributed by atoms with Crippen LogP contribution in [-0.2, 0) is 17.4 Å². The Morgan fingerprint density at radius 1 is 1.19 bits per heavy atom. The second-order valence-electron chi connectivity index (χ2n) is 7.43. The predicted molar refractivity (Wildman–Crippen MR) is 93.1 cm³/mol. The molecular weight excluding hydrogens is 359 g/mol. The van der Waals surface area contributed by atoms with Crippen LogP contribution >= 0.6 is 0 Å². The number of nitrogens with zero attached hydrogens (tertiary/aromatic N) is 4. The van der Waals surface area contributed by atoms with Crippen molar-refractivity contribution in [3.63, 3.8) is 0 Å². The van der Waals surface area contributed by atoms with Gasteiger partial charge in [0.2, 0.25) is 5.91 Å². The van der Waals surface area contributed by atoms with Gasteiger partial charge >= 0.3 is 6.18 Å². The van der Waals surface area contributed by atoms with Crippen molar-refractivity contribution in [3.05, 3.63) is 22.8 Å². The maximum atomic E-state index is 12.8. The van der Waals surface area contributed by atoms with Crippen molar-refractivity contribution in [2.24, 2.45) is 5.92 Å². The van der Waals surface area contributed by atoms with Crippen molar-refractivity contribution in [1.82, 2.24) is 24.9 Å². The molecule has 3 rings (SSSR count). The lowest BCUT2D eigenvalue weighted by Gasteiger charge is -2.27. The van der Waals surface area contributed by atoms with Crippen molar-refractivity contribution < 1.29 is 18.0 Å². The Morgan fingerprint density at radius 3 is 2.48 bits per heavy atom. The minimum Gasteiger partial charge on any atom is -0.353 e. The van der Waals surface area contributed by atoms with Crippen LogP contribution in [-0.4, -0.2) is 31.5 Å². The predicted octanol–water partition coefficient (Wildman–Crippen LogP) is 3.39. The lowest BCUT2D eigenvalue weighted by Crippen LogP contribution is -2.37. The lowest BCUT2D eigenvalue weighted by atomic mass is 9.87. The van der Waals surface area contributed by atoms with Crippen LogP contribution < -0.4 is 5.32 Å². The third kappa shape index (κ3) is 4.39. The Balaban J connectivity index is 1.70. The molecule has 1 aliphatic rings. The number of aryl methyl sites for hydroxylation is 2. The summed E-state index contributed by atoms with van der Waals surface area (Å²) in [6.45, 7) is 5.61. The first-order valence-corrected chi connectivity index (χ1v) is 9.24. The highest BCUT2D eigenvalue weighted by molar-refractivity contribution is 5.76. The molecule has 0 unspecified atom stereocenters. The highest BCUT2D eigenvalue weighted by Crippen LogP contribution is 2.27. The lowest BCUT2D eigenvalue weighted by molar-refractivity contribution is -0.144. The molecule has 0 aromatic carbocycles. The molecule has 27 heavy (non-hydrogen) atoms. The van der Waals surface area contributed by atoms with Gasteiger partial charge in [-0.05, 0) is 57.4 Å². The molecule has 0 bridgehead atoms. The fourth-order valence-corrected chi connectivity index (χ4v) is 3.63. The molecule has 0 aliphatic heterocycles. The Hall–Kier alpha value is -2.19. The van der Waals surface area contributed by atoms with E-state index in [2.05, 4.69) is 27.3 Å². The number of fused-ring (bicyclic) bond motifs is 1. The second kappa shape index (κ2) is 7.44. The summed E-state index contributed by atoms with van der Waals surface area (Å²) < 4.78 is 39.6. The Bertz CT molecular complexity index is 838. The molecule has 148 valence electrons. The van der Waals surface area contributed by atoms with Gasteiger partial charge in [-0.25, -0.2) is 9.50 Å². The van der Waals surface area contributed by atoms with Crippen LogP contribution in [0.25, 0.3) is 5.78 Å². The van der Waals surface area contributed by atoms with Gasteiger partial charge in [-0.3, -0.25) is 4.79 Å². The van der Waals surface area contributed by atoms with E-state index < -0.39 is 12.0 Å². The van der Waals surface area contributed by atoms with Crippen LogP contribution in [0.1, 0.15) is 61.8 Å². The number of carbonyl (C=O) groups excluding carboxylic acids is 1. The second-order valence-corrected chi connectivity index (χ2v) is 7.43. The van der Waals surface area contributed by atoms with Crippen molar-refractivity contribution in [1.29, 1.82) is 0 Å². The molecule has 9 heteroatoms. The molecule has 2 aromatic heterocycles. The average molecular weight is 383 g/mol. The quantitative estimate of drug-likeness (QED) is 0.879. The SMILES string of the molecule is Cc1nc2nc(C(F)(F)F)nn2c(C)c1CCC(=O)NC1CCC(C)CC1. The minimum absolute atomic E-state index is 0.0389. The highest BCUT2D eigenvalue weighted by Gasteiger charge is 2.37. The number of hydrogen-bond donors (Lipinski definition) is 1. The zero-order chi connectivity index (χ0) is 19.8. The van der Waals surface area contributed by atoms with E-state index in [9.17, 15) is 18.0 Å². The molecular formula is C18H24F3N5O. The third-order valence-electron chi connectivity index (χ3n) is 5.29. The zero-order valence-corrected chi connectivity index (χ0v) is 15.7. The van der Waals surface area contributed by atoms with E-state index in [-0.39, 0.29) is 24.1 Å². The molecule has 1 amide bonds. The van der Waals surface area contributed by atoms with Gasteiger partial charge in [0, 0.05) is 23.9 Å². The summed E-state index contributed by atoms with van der Waals surface area (Å²) in [5.74, 6) is -0.616. The van der Waals surface area contributed by atoms with Gasteiger partial charge in [-0.15, -0.1) is 5.10 Å². The van der Waals surface area contributed by atoms with Crippen LogP contribution in [0.2, 0.25) is 0 Å². The normalized spacial score (nSPS) is 20.8. The first kappa shape index (κ1) is 19.6. The van der Waals surface area contributed by atoms with E-state index in [1.807, 2.05) is 0 Å². The van der Waals surface area contributed by atoms with E-state index >= 15 is 0 Å². The van der Waals surface area contributed by atoms with Gasteiger partial charge in [0.05, 0.1) is 0 Å². The van der Waals surface area contributed by atoms with E-state index in [1.165, 1.54) is 0 Å². The molecule has 0 atom stereocenters. The minimum atomic E-state index is -4.62. The van der Waals surface area contributed by atoms with Crippen molar-refractivity contribution >= 4 is 11.7 Å². The zero-order valence-electron chi connectivity index (χ0n) is 15.7. The summed E-state index contributed by atoms with van der Waals surface area (Å²) in [5, 5.41) is 6.60. The summed E-state index contributed by atoms with van der Waals surface area (Å²) in [6.07, 6.45) is 0.286. The molecule has 0 spiro atoms. The van der Waals surface area contributed by atoms with E-state index in [1.54, 1.807) is 13.8 Å². The number of nitrogens with one attached hydrogen (secondary N) is 1. The van der Waals surface area contributed by atoms with E-state index in [0.29, 0.717) is 23.7 Å². The van der Waals surface area contributed by atoms with E-state index in [4.69, 9.17) is 0 Å². The van der Waals surface area contributed by atoms with Crippen molar-refractivity contribution in [2.45, 2.75) is 71.5 Å². The largest absolute Gasteiger partial charge is 0.453 e. The molecule has 2 heterocycles. The highest BCUT2D eigenvalue weighted by atomic mass is 19.4. The standard InChI is InChI=1S/C18H24F3N5O/c1-10-4-6-13(7-5-10)23-15(27)9-8-14-11(2)22-17-24-16(18(19,20)21)25-26(17)12(14)3/h10,13H,4-9H2,1-3H3,(H,23,27). The van der Waals surface area contributed by atoms with Gasteiger partial charge < -0.3 is 5.32 Å². The van der Waals surface area contributed by atoms with Gasteiger partial charge in [-0.1, -0.05) is 6.92 Å². The molecule has 1 aliphatic carbocycles. The van der Waals surface area contributed by atoms with Crippen LogP contribution in [0.15, 0.2) is 0 Å². The molecule has 1 N–H and O–H groups in total. The number of carbonyl (C=O) groups is 1. The first-order chi connectivity index (χ1) is 12.6. The number of halogens is 3. The van der Waals surface area contributed by atoms with Crippen LogP contribution in [0.3, 0.4) is 0 Å². The van der Waals surface area contributed by atoms with Gasteiger partial charge in [0.25, 0.3) is 11.6 Å². The summed E-state index contributed by atoms with van der Waals surface area (Å²) in [6, 6.07) is 0.223. The number of amides is 1. The summed E-state index contributed by atoms with van der Waals surface area (Å²) in [4.78, 5) is 19.9. The Labute approximate surface area is 155 Å². The van der Waals surface area contributed by atoms with E-state index in [0.717, 1.165) is 35.8 Å². The molecule has 0 radical (unpaired) electrons. The van der Waals surface area contributed by atoms with Gasteiger partial charge in [0.1, 0.15) is 0 Å². The van der Waals surface area contributed by atoms with Gasteiger partial charge in [-0.2, -0.15) is 18.2 Å². The fourth-order valence-electron chi connectivity index (χ4n) is 3.63. The van der Waals surface area contributed by atoms with Crippen molar-refractivity contribution in [2.75, 3.05) is 0 Å². The first-order valence-electron chi connectivity index (χ1n) is 9.24. The Kier molecular flexibility index (Phi) is 5.39. The Morgan fingerprint density at radius 2 is 1.85 bits per heavy atom. The van der Waals surface area contributed by atoms with Crippen LogP contribution in [0.4, 0.5) is 13.2 Å². The maximum Gasteiger partial charge on any atom is 0.453 e. The van der Waals surface area contributed by atoms with Crippen LogP contribution in [0, 0.1) is 19.8 Å². The van der Waals surface area contributed by atoms with Crippen LogP contribution in [0.5, 0.6) is 0 Å². The third-order valence-corrected chi connectivity index (χ3v) is 5.29. The summed E-state index contributed by atoms with van der Waals surface area (Å²) >= 11 is 0. The number of alkyl halides is 3. The fraction of sp³-hybridized carbons (Fsp3) is 0.667. The monoisotopic (exact) mass is 383 g/mol. The number of rotatable bonds is 4. The number of aromatic nitrogens is 4.